The van der Waals surface area contributed by atoms with Crippen LogP contribution in [0.3, 0.4) is 0 Å². The van der Waals surface area contributed by atoms with Crippen LogP contribution in [0.25, 0.3) is 0 Å². The standard InChI is InChI=1S/C18H35N3O6/c1-14(22)21-10-9-20(17(25)6-2-3-7-19)8-4-5-11-27-13-16(24)18(26)15(23)12-21/h15-16,18,23-24,26H,2-13,19H2,1H3/t15-,16+,18+/m0/s1. The maximum absolute atomic E-state index is 12.5. The quantitative estimate of drug-likeness (QED) is 0.438. The summed E-state index contributed by atoms with van der Waals surface area (Å²) in [7, 11) is 0. The average molecular weight is 389 g/mol. The third-order valence-electron chi connectivity index (χ3n) is 4.73. The summed E-state index contributed by atoms with van der Waals surface area (Å²) in [5.41, 5.74) is 5.48. The number of rotatable bonds is 4. The maximum Gasteiger partial charge on any atom is 0.222 e. The molecule has 1 saturated heterocycles. The largest absolute Gasteiger partial charge is 0.388 e. The Balaban J connectivity index is 2.77. The molecule has 3 atom stereocenters. The molecule has 0 unspecified atom stereocenters. The lowest BCUT2D eigenvalue weighted by Gasteiger charge is -2.31. The van der Waals surface area contributed by atoms with Crippen molar-refractivity contribution in [2.75, 3.05) is 45.9 Å². The van der Waals surface area contributed by atoms with E-state index in [9.17, 15) is 24.9 Å². The Morgan fingerprint density at radius 2 is 1.74 bits per heavy atom. The van der Waals surface area contributed by atoms with Crippen LogP contribution in [0.4, 0.5) is 0 Å². The monoisotopic (exact) mass is 389 g/mol. The molecule has 1 aliphatic heterocycles. The Hall–Kier alpha value is -1.26. The van der Waals surface area contributed by atoms with Crippen molar-refractivity contribution in [1.82, 2.24) is 9.80 Å². The van der Waals surface area contributed by atoms with Crippen LogP contribution in [0, 0.1) is 0 Å². The topological polar surface area (TPSA) is 137 Å². The van der Waals surface area contributed by atoms with Gasteiger partial charge in [-0.25, -0.2) is 0 Å². The van der Waals surface area contributed by atoms with Gasteiger partial charge in [0.2, 0.25) is 11.8 Å². The number of amides is 2. The first-order valence-electron chi connectivity index (χ1n) is 9.72. The van der Waals surface area contributed by atoms with E-state index in [0.29, 0.717) is 39.1 Å². The van der Waals surface area contributed by atoms with Gasteiger partial charge in [0.05, 0.1) is 6.61 Å². The molecular formula is C18H35N3O6. The van der Waals surface area contributed by atoms with Crippen LogP contribution < -0.4 is 5.73 Å². The summed E-state index contributed by atoms with van der Waals surface area (Å²) in [6, 6.07) is 0. The molecule has 2 amide bonds. The number of ether oxygens (including phenoxy) is 1. The van der Waals surface area contributed by atoms with Gasteiger partial charge in [-0.05, 0) is 32.2 Å². The fraction of sp³-hybridized carbons (Fsp3) is 0.889. The molecule has 0 radical (unpaired) electrons. The number of hydrogen-bond acceptors (Lipinski definition) is 7. The zero-order valence-corrected chi connectivity index (χ0v) is 16.3. The molecule has 1 fully saturated rings. The second-order valence-corrected chi connectivity index (χ2v) is 7.00. The second-order valence-electron chi connectivity index (χ2n) is 7.00. The molecule has 1 heterocycles. The van der Waals surface area contributed by atoms with Gasteiger partial charge in [0.1, 0.15) is 18.3 Å². The van der Waals surface area contributed by atoms with E-state index in [2.05, 4.69) is 0 Å². The molecule has 0 aromatic carbocycles. The Labute approximate surface area is 161 Å². The molecule has 0 aromatic heterocycles. The van der Waals surface area contributed by atoms with E-state index in [1.807, 2.05) is 0 Å². The summed E-state index contributed by atoms with van der Waals surface area (Å²) in [5, 5.41) is 30.1. The maximum atomic E-state index is 12.5. The van der Waals surface area contributed by atoms with Gasteiger partial charge in [0, 0.05) is 46.1 Å². The van der Waals surface area contributed by atoms with Crippen molar-refractivity contribution in [3.05, 3.63) is 0 Å². The van der Waals surface area contributed by atoms with Gasteiger partial charge in [0.15, 0.2) is 0 Å². The molecule has 9 heteroatoms. The molecule has 0 saturated carbocycles. The molecule has 0 spiro atoms. The number of β-amino-alcohol motifs (C(OH)–C–C–N with tert-alkyl or cyclic N) is 1. The third kappa shape index (κ3) is 8.98. The summed E-state index contributed by atoms with van der Waals surface area (Å²) in [6.07, 6.45) is -0.557. The number of carbonyl (C=O) groups excluding carboxylic acids is 2. The Bertz CT molecular complexity index is 451. The van der Waals surface area contributed by atoms with Gasteiger partial charge in [-0.3, -0.25) is 9.59 Å². The van der Waals surface area contributed by atoms with Crippen molar-refractivity contribution >= 4 is 11.8 Å². The number of aliphatic hydroxyl groups is 3. The van der Waals surface area contributed by atoms with E-state index in [0.717, 1.165) is 19.3 Å². The first kappa shape index (κ1) is 23.8. The van der Waals surface area contributed by atoms with Crippen molar-refractivity contribution < 1.29 is 29.6 Å². The van der Waals surface area contributed by atoms with Crippen molar-refractivity contribution in [1.29, 1.82) is 0 Å². The highest BCUT2D eigenvalue weighted by Crippen LogP contribution is 2.09. The minimum atomic E-state index is -1.41. The van der Waals surface area contributed by atoms with Crippen molar-refractivity contribution in [3.8, 4) is 0 Å². The van der Waals surface area contributed by atoms with Crippen LogP contribution >= 0.6 is 0 Å². The minimum absolute atomic E-state index is 0.0240. The number of aliphatic hydroxyl groups excluding tert-OH is 3. The van der Waals surface area contributed by atoms with Gasteiger partial charge in [0.25, 0.3) is 0 Å². The molecule has 27 heavy (non-hydrogen) atoms. The number of unbranched alkanes of at least 4 members (excludes halogenated alkanes) is 1. The van der Waals surface area contributed by atoms with Gasteiger partial charge >= 0.3 is 0 Å². The highest BCUT2D eigenvalue weighted by atomic mass is 16.5. The number of carbonyl (C=O) groups is 2. The van der Waals surface area contributed by atoms with Crippen LogP contribution in [0.15, 0.2) is 0 Å². The van der Waals surface area contributed by atoms with Gasteiger partial charge in [-0.2, -0.15) is 0 Å². The summed E-state index contributed by atoms with van der Waals surface area (Å²) in [5.74, 6) is -0.245. The summed E-state index contributed by atoms with van der Waals surface area (Å²) >= 11 is 0. The van der Waals surface area contributed by atoms with E-state index in [4.69, 9.17) is 10.5 Å². The molecule has 1 rings (SSSR count). The Morgan fingerprint density at radius 3 is 2.41 bits per heavy atom. The lowest BCUT2D eigenvalue weighted by atomic mass is 10.1. The number of hydrogen-bond donors (Lipinski definition) is 4. The normalized spacial score (nSPS) is 26.5. The molecule has 0 aliphatic carbocycles. The van der Waals surface area contributed by atoms with Gasteiger partial charge in [-0.1, -0.05) is 0 Å². The first-order valence-corrected chi connectivity index (χ1v) is 9.72. The fourth-order valence-corrected chi connectivity index (χ4v) is 2.96. The van der Waals surface area contributed by atoms with Crippen molar-refractivity contribution in [3.63, 3.8) is 0 Å². The summed E-state index contributed by atoms with van der Waals surface area (Å²) in [6.45, 7) is 3.27. The second kappa shape index (κ2) is 13.0. The van der Waals surface area contributed by atoms with E-state index >= 15 is 0 Å². The molecule has 0 bridgehead atoms. The van der Waals surface area contributed by atoms with Crippen LogP contribution in [-0.2, 0) is 14.3 Å². The number of nitrogens with two attached hydrogens (primary N) is 1. The zero-order chi connectivity index (χ0) is 20.2. The van der Waals surface area contributed by atoms with Gasteiger partial charge in [-0.15, -0.1) is 0 Å². The Morgan fingerprint density at radius 1 is 1.04 bits per heavy atom. The first-order chi connectivity index (χ1) is 12.9. The molecule has 158 valence electrons. The predicted molar refractivity (Wildman–Crippen MR) is 99.8 cm³/mol. The van der Waals surface area contributed by atoms with E-state index in [1.165, 1.54) is 11.8 Å². The van der Waals surface area contributed by atoms with Gasteiger partial charge < -0.3 is 35.6 Å². The molecule has 1 aliphatic rings. The van der Waals surface area contributed by atoms with E-state index in [-0.39, 0.29) is 31.5 Å². The fourth-order valence-electron chi connectivity index (χ4n) is 2.96. The number of nitrogens with zero attached hydrogens (tertiary/aromatic N) is 2. The summed E-state index contributed by atoms with van der Waals surface area (Å²) < 4.78 is 5.34. The van der Waals surface area contributed by atoms with Crippen molar-refractivity contribution in [2.45, 2.75) is 57.3 Å². The molecule has 0 aromatic rings. The molecule has 5 N–H and O–H groups in total. The average Bonchev–Trinajstić information content (AvgIpc) is 2.63. The lowest BCUT2D eigenvalue weighted by molar-refractivity contribution is -0.138. The van der Waals surface area contributed by atoms with Crippen LogP contribution in [0.2, 0.25) is 0 Å². The minimum Gasteiger partial charge on any atom is -0.388 e. The highest BCUT2D eigenvalue weighted by Gasteiger charge is 2.28. The summed E-state index contributed by atoms with van der Waals surface area (Å²) in [4.78, 5) is 27.5. The SMILES string of the molecule is CC(=O)N1CCN(C(=O)CCCCN)CCCCOC[C@@H](O)[C@H](O)[C@@H](O)C1. The third-order valence-corrected chi connectivity index (χ3v) is 4.73. The Kier molecular flexibility index (Phi) is 11.5. The van der Waals surface area contributed by atoms with E-state index < -0.39 is 18.3 Å². The van der Waals surface area contributed by atoms with Crippen LogP contribution in [0.1, 0.15) is 39.0 Å². The van der Waals surface area contributed by atoms with Crippen LogP contribution in [0.5, 0.6) is 0 Å². The molecular weight excluding hydrogens is 354 g/mol. The molecule has 9 nitrogen and oxygen atoms in total. The predicted octanol–water partition coefficient (Wildman–Crippen LogP) is -1.31. The van der Waals surface area contributed by atoms with E-state index in [1.54, 1.807) is 4.90 Å². The zero-order valence-electron chi connectivity index (χ0n) is 16.3. The highest BCUT2D eigenvalue weighted by molar-refractivity contribution is 5.76. The van der Waals surface area contributed by atoms with Crippen molar-refractivity contribution in [2.24, 2.45) is 5.73 Å². The van der Waals surface area contributed by atoms with Crippen LogP contribution in [-0.4, -0.2) is 101 Å². The smallest absolute Gasteiger partial charge is 0.222 e. The lowest BCUT2D eigenvalue weighted by Crippen LogP contribution is -2.49.